The Labute approximate surface area is 188 Å². The van der Waals surface area contributed by atoms with Gasteiger partial charge in [0, 0.05) is 12.5 Å². The number of carboxylic acid groups (broad SMARTS) is 1. The van der Waals surface area contributed by atoms with Crippen molar-refractivity contribution in [3.63, 3.8) is 0 Å². The molecule has 1 saturated heterocycles. The second kappa shape index (κ2) is 16.9. The zero-order valence-corrected chi connectivity index (χ0v) is 19.2. The van der Waals surface area contributed by atoms with Gasteiger partial charge in [-0.3, -0.25) is 4.79 Å². The zero-order chi connectivity index (χ0) is 24.6. The second-order valence-corrected chi connectivity index (χ2v) is 7.70. The number of alkyl halides is 3. The minimum Gasteiger partial charge on any atom is -0.475 e. The van der Waals surface area contributed by atoms with Gasteiger partial charge >= 0.3 is 18.1 Å². The van der Waals surface area contributed by atoms with Crippen LogP contribution in [0.3, 0.4) is 0 Å². The third kappa shape index (κ3) is 13.0. The molecule has 0 radical (unpaired) electrons. The summed E-state index contributed by atoms with van der Waals surface area (Å²) in [6, 6.07) is 0. The van der Waals surface area contributed by atoms with Crippen molar-refractivity contribution in [3.05, 3.63) is 12.2 Å². The van der Waals surface area contributed by atoms with Crippen LogP contribution in [0.4, 0.5) is 13.2 Å². The van der Waals surface area contributed by atoms with Crippen LogP contribution in [0.5, 0.6) is 0 Å². The van der Waals surface area contributed by atoms with E-state index in [9.17, 15) is 18.0 Å². The number of allylic oxidation sites excluding steroid dienone is 1. The number of carbonyl (C=O) groups excluding carboxylic acids is 1. The van der Waals surface area contributed by atoms with Crippen molar-refractivity contribution in [2.75, 3.05) is 19.8 Å². The summed E-state index contributed by atoms with van der Waals surface area (Å²) in [6.07, 6.45) is 6.52. The Morgan fingerprint density at radius 1 is 1.12 bits per heavy atom. The van der Waals surface area contributed by atoms with Gasteiger partial charge in [-0.1, -0.05) is 58.6 Å². The SMILES string of the molecule is CCCCCCCC=C[C@@H]1OC[C@H](C)[C@H](OCCC)[C@@H]1OC(=O)CN.O=C(O)C(F)(F)F. The van der Waals surface area contributed by atoms with E-state index >= 15 is 0 Å². The summed E-state index contributed by atoms with van der Waals surface area (Å²) in [7, 11) is 0. The normalized spacial score (nSPS) is 23.5. The van der Waals surface area contributed by atoms with Crippen LogP contribution >= 0.6 is 0 Å². The number of rotatable bonds is 12. The predicted octanol–water partition coefficient (Wildman–Crippen LogP) is 4.24. The molecule has 3 N–H and O–H groups in total. The van der Waals surface area contributed by atoms with Gasteiger partial charge in [-0.05, 0) is 19.3 Å². The highest BCUT2D eigenvalue weighted by atomic mass is 19.4. The molecule has 1 aliphatic heterocycles. The number of hydrogen-bond acceptors (Lipinski definition) is 6. The smallest absolute Gasteiger partial charge is 0.475 e. The van der Waals surface area contributed by atoms with Crippen LogP contribution in [0, 0.1) is 5.92 Å². The van der Waals surface area contributed by atoms with Gasteiger partial charge in [0.1, 0.15) is 12.2 Å². The molecule has 0 aromatic rings. The average Bonchev–Trinajstić information content (AvgIpc) is 2.73. The number of aliphatic carboxylic acids is 1. The Hall–Kier alpha value is -1.65. The van der Waals surface area contributed by atoms with Crippen LogP contribution in [0.2, 0.25) is 0 Å². The highest BCUT2D eigenvalue weighted by molar-refractivity contribution is 5.73. The number of halogens is 3. The van der Waals surface area contributed by atoms with Crippen LogP contribution in [0.25, 0.3) is 0 Å². The van der Waals surface area contributed by atoms with E-state index in [1.165, 1.54) is 32.1 Å². The summed E-state index contributed by atoms with van der Waals surface area (Å²) >= 11 is 0. The maximum Gasteiger partial charge on any atom is 0.490 e. The number of ether oxygens (including phenoxy) is 3. The highest BCUT2D eigenvalue weighted by Gasteiger charge is 2.40. The first-order valence-corrected chi connectivity index (χ1v) is 11.2. The van der Waals surface area contributed by atoms with Crippen LogP contribution in [-0.4, -0.2) is 61.3 Å². The standard InChI is InChI=1S/C20H37NO4.C2HF3O2/c1-4-6-7-8-9-10-11-12-17-20(25-18(22)14-21)19(23-13-5-2)16(3)15-24-17;3-2(4,5)1(6)7/h11-12,16-17,19-20H,4-10,13-15,21H2,1-3H3;(H,6,7)/t16-,17-,19-,20+;/m0./s1. The van der Waals surface area contributed by atoms with E-state index in [0.29, 0.717) is 13.2 Å². The molecule has 4 atom stereocenters. The number of hydrogen-bond donors (Lipinski definition) is 2. The third-order valence-corrected chi connectivity index (χ3v) is 4.75. The van der Waals surface area contributed by atoms with Crippen LogP contribution < -0.4 is 5.73 Å². The minimum atomic E-state index is -5.08. The number of unbranched alkanes of at least 4 members (excludes halogenated alkanes) is 5. The number of carbonyl (C=O) groups is 2. The molecule has 1 heterocycles. The quantitative estimate of drug-likeness (QED) is 0.250. The number of carboxylic acids is 1. The molecule has 0 aromatic heterocycles. The molecule has 32 heavy (non-hydrogen) atoms. The molecular formula is C22H38F3NO6. The summed E-state index contributed by atoms with van der Waals surface area (Å²) in [4.78, 5) is 20.6. The lowest BCUT2D eigenvalue weighted by Crippen LogP contribution is -2.52. The molecule has 1 rings (SSSR count). The Morgan fingerprint density at radius 2 is 1.75 bits per heavy atom. The molecule has 1 aliphatic rings. The van der Waals surface area contributed by atoms with Gasteiger partial charge in [0.2, 0.25) is 0 Å². The van der Waals surface area contributed by atoms with Crippen molar-refractivity contribution in [2.45, 2.75) is 90.2 Å². The van der Waals surface area contributed by atoms with Crippen molar-refractivity contribution in [1.29, 1.82) is 0 Å². The van der Waals surface area contributed by atoms with Gasteiger partial charge in [-0.25, -0.2) is 4.79 Å². The number of esters is 1. The lowest BCUT2D eigenvalue weighted by atomic mass is 9.92. The van der Waals surface area contributed by atoms with E-state index in [-0.39, 0.29) is 24.7 Å². The van der Waals surface area contributed by atoms with Gasteiger partial charge < -0.3 is 25.1 Å². The molecule has 0 unspecified atom stereocenters. The highest BCUT2D eigenvalue weighted by Crippen LogP contribution is 2.27. The van der Waals surface area contributed by atoms with Gasteiger partial charge in [-0.2, -0.15) is 13.2 Å². The molecule has 0 bridgehead atoms. The van der Waals surface area contributed by atoms with Crippen molar-refractivity contribution in [2.24, 2.45) is 11.7 Å². The van der Waals surface area contributed by atoms with Crippen molar-refractivity contribution < 1.29 is 42.1 Å². The Kier molecular flexibility index (Phi) is 16.0. The largest absolute Gasteiger partial charge is 0.490 e. The Balaban J connectivity index is 0.00000118. The van der Waals surface area contributed by atoms with E-state index in [1.54, 1.807) is 0 Å². The maximum absolute atomic E-state index is 11.7. The molecule has 188 valence electrons. The van der Waals surface area contributed by atoms with Crippen LogP contribution in [0.15, 0.2) is 12.2 Å². The fraction of sp³-hybridized carbons (Fsp3) is 0.818. The lowest BCUT2D eigenvalue weighted by molar-refractivity contribution is -0.194. The van der Waals surface area contributed by atoms with E-state index in [0.717, 1.165) is 12.8 Å². The zero-order valence-electron chi connectivity index (χ0n) is 19.2. The fourth-order valence-electron chi connectivity index (χ4n) is 3.07. The molecule has 0 saturated carbocycles. The Bertz CT molecular complexity index is 556. The van der Waals surface area contributed by atoms with Crippen LogP contribution in [-0.2, 0) is 23.8 Å². The molecular weight excluding hydrogens is 431 g/mol. The number of nitrogens with two attached hydrogens (primary N) is 1. The monoisotopic (exact) mass is 469 g/mol. The summed E-state index contributed by atoms with van der Waals surface area (Å²) in [6.45, 7) is 7.49. The molecule has 7 nitrogen and oxygen atoms in total. The van der Waals surface area contributed by atoms with E-state index < -0.39 is 24.2 Å². The summed E-state index contributed by atoms with van der Waals surface area (Å²) in [5.41, 5.74) is 5.42. The van der Waals surface area contributed by atoms with Gasteiger partial charge in [0.25, 0.3) is 0 Å². The second-order valence-electron chi connectivity index (χ2n) is 7.70. The first-order valence-electron chi connectivity index (χ1n) is 11.2. The predicted molar refractivity (Wildman–Crippen MR) is 114 cm³/mol. The first kappa shape index (κ1) is 30.4. The molecule has 0 aliphatic carbocycles. The van der Waals surface area contributed by atoms with E-state index in [4.69, 9.17) is 29.8 Å². The van der Waals surface area contributed by atoms with E-state index in [2.05, 4.69) is 26.8 Å². The van der Waals surface area contributed by atoms with Crippen LogP contribution in [0.1, 0.15) is 65.7 Å². The summed E-state index contributed by atoms with van der Waals surface area (Å²) in [5.74, 6) is -2.99. The molecule has 0 amide bonds. The molecule has 0 spiro atoms. The molecule has 1 fully saturated rings. The maximum atomic E-state index is 11.7. The topological polar surface area (TPSA) is 108 Å². The fourth-order valence-corrected chi connectivity index (χ4v) is 3.07. The first-order chi connectivity index (χ1) is 15.1. The van der Waals surface area contributed by atoms with Gasteiger partial charge in [-0.15, -0.1) is 0 Å². The average molecular weight is 470 g/mol. The van der Waals surface area contributed by atoms with Crippen molar-refractivity contribution in [3.8, 4) is 0 Å². The van der Waals surface area contributed by atoms with Crippen molar-refractivity contribution >= 4 is 11.9 Å². The van der Waals surface area contributed by atoms with Gasteiger partial charge in [0.05, 0.1) is 13.2 Å². The summed E-state index contributed by atoms with van der Waals surface area (Å²) in [5, 5.41) is 7.12. The Morgan fingerprint density at radius 3 is 2.28 bits per heavy atom. The summed E-state index contributed by atoms with van der Waals surface area (Å²) < 4.78 is 49.2. The lowest BCUT2D eigenvalue weighted by Gasteiger charge is -2.39. The molecule has 10 heteroatoms. The van der Waals surface area contributed by atoms with Crippen molar-refractivity contribution in [1.82, 2.24) is 0 Å². The molecule has 0 aromatic carbocycles. The third-order valence-electron chi connectivity index (χ3n) is 4.75. The van der Waals surface area contributed by atoms with E-state index in [1.807, 2.05) is 6.08 Å². The van der Waals surface area contributed by atoms with Gasteiger partial charge in [0.15, 0.2) is 6.10 Å². The minimum absolute atomic E-state index is 0.126.